The average Bonchev–Trinajstić information content (AvgIpc) is 2.99. The molecule has 0 amide bonds. The van der Waals surface area contributed by atoms with Crippen LogP contribution in [0.1, 0.15) is 13.3 Å². The molecule has 0 atom stereocenters. The third-order valence-corrected chi connectivity index (χ3v) is 6.92. The van der Waals surface area contributed by atoms with Crippen LogP contribution in [0.5, 0.6) is 0 Å². The number of nitrogens with zero attached hydrogens (tertiary/aromatic N) is 3. The van der Waals surface area contributed by atoms with Crippen molar-refractivity contribution in [1.29, 1.82) is 0 Å². The Labute approximate surface area is 129 Å². The molecule has 2 aromatic rings. The summed E-state index contributed by atoms with van der Waals surface area (Å²) in [4.78, 5) is -0.267. The molecule has 0 saturated heterocycles. The van der Waals surface area contributed by atoms with E-state index in [-0.39, 0.29) is 27.8 Å². The van der Waals surface area contributed by atoms with Gasteiger partial charge >= 0.3 is 0 Å². The lowest BCUT2D eigenvalue weighted by Gasteiger charge is -2.11. The second-order valence-electron chi connectivity index (χ2n) is 4.78. The molecule has 120 valence electrons. The molecule has 1 heterocycles. The molecular formula is C13H17N3O4S2. The van der Waals surface area contributed by atoms with E-state index in [0.717, 1.165) is 0 Å². The van der Waals surface area contributed by atoms with Crippen molar-refractivity contribution in [2.45, 2.75) is 29.7 Å². The number of hydrogen-bond donors (Lipinski definition) is 0. The molecule has 9 heteroatoms. The van der Waals surface area contributed by atoms with Gasteiger partial charge < -0.3 is 4.57 Å². The number of aryl methyl sites for hydroxylation is 1. The fourth-order valence-corrected chi connectivity index (χ4v) is 5.53. The van der Waals surface area contributed by atoms with Gasteiger partial charge in [-0.15, -0.1) is 10.2 Å². The van der Waals surface area contributed by atoms with Crippen molar-refractivity contribution in [3.8, 4) is 0 Å². The number of hydrogen-bond acceptors (Lipinski definition) is 6. The summed E-state index contributed by atoms with van der Waals surface area (Å²) < 4.78 is 51.0. The highest BCUT2D eigenvalue weighted by Gasteiger charge is 2.25. The smallest absolute Gasteiger partial charge is 0.181 e. The van der Waals surface area contributed by atoms with Crippen LogP contribution in [0.4, 0.5) is 0 Å². The molecule has 0 saturated carbocycles. The Balaban J connectivity index is 2.35. The summed E-state index contributed by atoms with van der Waals surface area (Å²) in [6, 6.07) is 5.73. The van der Waals surface area contributed by atoms with Crippen LogP contribution in [0, 0.1) is 0 Å². The van der Waals surface area contributed by atoms with E-state index in [1.807, 2.05) is 0 Å². The molecule has 0 bridgehead atoms. The monoisotopic (exact) mass is 343 g/mol. The van der Waals surface area contributed by atoms with Crippen molar-refractivity contribution in [1.82, 2.24) is 14.8 Å². The molecule has 0 fully saturated rings. The Morgan fingerprint density at radius 3 is 1.91 bits per heavy atom. The van der Waals surface area contributed by atoms with Crippen molar-refractivity contribution < 1.29 is 16.8 Å². The van der Waals surface area contributed by atoms with Crippen molar-refractivity contribution in [2.24, 2.45) is 0 Å². The first kappa shape index (κ1) is 16.6. The van der Waals surface area contributed by atoms with Gasteiger partial charge in [-0.1, -0.05) is 19.1 Å². The van der Waals surface area contributed by atoms with E-state index >= 15 is 0 Å². The molecule has 2 rings (SSSR count). The van der Waals surface area contributed by atoms with E-state index in [4.69, 9.17) is 0 Å². The number of aromatic nitrogens is 3. The largest absolute Gasteiger partial charge is 0.319 e. The zero-order valence-electron chi connectivity index (χ0n) is 12.1. The zero-order chi connectivity index (χ0) is 16.2. The first-order chi connectivity index (χ1) is 10.4. The Morgan fingerprint density at radius 1 is 0.909 bits per heavy atom. The van der Waals surface area contributed by atoms with E-state index in [9.17, 15) is 16.8 Å². The van der Waals surface area contributed by atoms with Gasteiger partial charge in [-0.3, -0.25) is 0 Å². The summed E-state index contributed by atoms with van der Waals surface area (Å²) in [7, 11) is -7.33. The van der Waals surface area contributed by atoms with Gasteiger partial charge in [-0.05, 0) is 18.6 Å². The zero-order valence-corrected chi connectivity index (χ0v) is 13.7. The Kier molecular flexibility index (Phi) is 4.97. The summed E-state index contributed by atoms with van der Waals surface area (Å²) in [6.45, 7) is 1.90. The van der Waals surface area contributed by atoms with Gasteiger partial charge in [0.05, 0.1) is 21.3 Å². The fraction of sp³-hybridized carbons (Fsp3) is 0.385. The lowest BCUT2D eigenvalue weighted by Crippen LogP contribution is -2.17. The van der Waals surface area contributed by atoms with Gasteiger partial charge in [-0.25, -0.2) is 16.8 Å². The molecule has 0 N–H and O–H groups in total. The maximum Gasteiger partial charge on any atom is 0.181 e. The van der Waals surface area contributed by atoms with Gasteiger partial charge in [-0.2, -0.15) is 0 Å². The van der Waals surface area contributed by atoms with Gasteiger partial charge in [0, 0.05) is 6.54 Å². The minimum Gasteiger partial charge on any atom is -0.319 e. The molecule has 0 aliphatic rings. The molecule has 1 aromatic carbocycles. The van der Waals surface area contributed by atoms with Gasteiger partial charge in [0.2, 0.25) is 0 Å². The molecule has 7 nitrogen and oxygen atoms in total. The van der Waals surface area contributed by atoms with Crippen LogP contribution in [0.15, 0.2) is 46.7 Å². The SMILES string of the molecule is CCCS(=O)(=O)c1ccccc1S(=O)(=O)CCn1cnnc1. The standard InChI is InChI=1S/C13H17N3O4S2/c1-2-8-21(17,18)12-5-3-4-6-13(12)22(19,20)9-7-16-10-14-15-11-16/h3-6,10-11H,2,7-9H2,1H3. The Hall–Kier alpha value is -1.74. The third kappa shape index (κ3) is 3.72. The van der Waals surface area contributed by atoms with Crippen molar-refractivity contribution in [3.05, 3.63) is 36.9 Å². The molecule has 0 spiro atoms. The predicted molar refractivity (Wildman–Crippen MR) is 80.9 cm³/mol. The minimum atomic E-state index is -3.72. The number of benzene rings is 1. The van der Waals surface area contributed by atoms with Crippen LogP contribution in [-0.4, -0.2) is 43.1 Å². The number of sulfone groups is 2. The fourth-order valence-electron chi connectivity index (χ4n) is 2.02. The molecule has 22 heavy (non-hydrogen) atoms. The van der Waals surface area contributed by atoms with E-state index in [2.05, 4.69) is 10.2 Å². The topological polar surface area (TPSA) is 99.0 Å². The average molecular weight is 343 g/mol. The second-order valence-corrected chi connectivity index (χ2v) is 8.94. The Bertz CT molecular complexity index is 828. The maximum absolute atomic E-state index is 12.5. The lowest BCUT2D eigenvalue weighted by atomic mass is 10.4. The van der Waals surface area contributed by atoms with Gasteiger partial charge in [0.25, 0.3) is 0 Å². The maximum atomic E-state index is 12.5. The number of rotatable bonds is 7. The molecule has 0 unspecified atom stereocenters. The minimum absolute atomic E-state index is 0.0784. The van der Waals surface area contributed by atoms with E-state index < -0.39 is 19.7 Å². The summed E-state index contributed by atoms with van der Waals surface area (Å²) in [5, 5.41) is 7.20. The third-order valence-electron chi connectivity index (χ3n) is 3.08. The molecule has 0 radical (unpaired) electrons. The van der Waals surface area contributed by atoms with Crippen LogP contribution in [-0.2, 0) is 26.2 Å². The molecule has 1 aromatic heterocycles. The van der Waals surface area contributed by atoms with Crippen molar-refractivity contribution in [3.63, 3.8) is 0 Å². The molecule has 0 aliphatic carbocycles. The summed E-state index contributed by atoms with van der Waals surface area (Å²) >= 11 is 0. The summed E-state index contributed by atoms with van der Waals surface area (Å²) in [5.74, 6) is -0.297. The van der Waals surface area contributed by atoms with Crippen LogP contribution in [0.25, 0.3) is 0 Å². The van der Waals surface area contributed by atoms with E-state index in [1.165, 1.54) is 41.5 Å². The van der Waals surface area contributed by atoms with Crippen LogP contribution in [0.3, 0.4) is 0 Å². The Morgan fingerprint density at radius 2 is 1.41 bits per heavy atom. The molecular weight excluding hydrogens is 326 g/mol. The van der Waals surface area contributed by atoms with Gasteiger partial charge in [0.15, 0.2) is 19.7 Å². The first-order valence-corrected chi connectivity index (χ1v) is 10.0. The van der Waals surface area contributed by atoms with E-state index in [0.29, 0.717) is 6.42 Å². The van der Waals surface area contributed by atoms with E-state index in [1.54, 1.807) is 6.92 Å². The quantitative estimate of drug-likeness (QED) is 0.742. The summed E-state index contributed by atoms with van der Waals surface area (Å²) in [6.07, 6.45) is 3.25. The second kappa shape index (κ2) is 6.57. The first-order valence-electron chi connectivity index (χ1n) is 6.74. The molecule has 0 aliphatic heterocycles. The van der Waals surface area contributed by atoms with Gasteiger partial charge in [0.1, 0.15) is 12.7 Å². The normalized spacial score (nSPS) is 12.4. The highest BCUT2D eigenvalue weighted by atomic mass is 32.2. The highest BCUT2D eigenvalue weighted by Crippen LogP contribution is 2.23. The predicted octanol–water partition coefficient (Wildman–Crippen LogP) is 0.936. The van der Waals surface area contributed by atoms with Crippen molar-refractivity contribution in [2.75, 3.05) is 11.5 Å². The van der Waals surface area contributed by atoms with Crippen LogP contribution >= 0.6 is 0 Å². The van der Waals surface area contributed by atoms with Crippen LogP contribution in [0.2, 0.25) is 0 Å². The highest BCUT2D eigenvalue weighted by molar-refractivity contribution is 7.94. The van der Waals surface area contributed by atoms with Crippen molar-refractivity contribution >= 4 is 19.7 Å². The summed E-state index contributed by atoms with van der Waals surface area (Å²) in [5.41, 5.74) is 0. The lowest BCUT2D eigenvalue weighted by molar-refractivity contribution is 0.578. The van der Waals surface area contributed by atoms with Crippen LogP contribution < -0.4 is 0 Å².